The quantitative estimate of drug-likeness (QED) is 0.367. The summed E-state index contributed by atoms with van der Waals surface area (Å²) in [5.74, 6) is -1.00. The number of pyridine rings is 1. The van der Waals surface area contributed by atoms with Crippen molar-refractivity contribution >= 4 is 17.6 Å². The van der Waals surface area contributed by atoms with Gasteiger partial charge in [0.25, 0.3) is 5.91 Å². The van der Waals surface area contributed by atoms with Gasteiger partial charge in [-0.05, 0) is 42.3 Å². The normalized spacial score (nSPS) is 10.3. The maximum Gasteiger partial charge on any atom is 0.255 e. The summed E-state index contributed by atoms with van der Waals surface area (Å²) in [7, 11) is 0. The Morgan fingerprint density at radius 2 is 1.85 bits per heavy atom. The summed E-state index contributed by atoms with van der Waals surface area (Å²) in [6.45, 7) is 0.00240. The molecule has 174 valence electrons. The van der Waals surface area contributed by atoms with Crippen molar-refractivity contribution in [3.05, 3.63) is 83.2 Å². The van der Waals surface area contributed by atoms with Crippen LogP contribution in [0.1, 0.15) is 21.5 Å². The molecule has 3 aromatic rings. The third-order valence-corrected chi connectivity index (χ3v) is 4.90. The largest absolute Gasteiger partial charge is 0.395 e. The van der Waals surface area contributed by atoms with E-state index in [1.165, 1.54) is 12.1 Å². The number of hydrogen-bond acceptors (Lipinski definition) is 6. The molecule has 3 rings (SSSR count). The van der Waals surface area contributed by atoms with Crippen LogP contribution >= 0.6 is 0 Å². The second kappa shape index (κ2) is 12.1. The highest BCUT2D eigenvalue weighted by atomic mass is 19.1. The number of aromatic nitrogens is 1. The Morgan fingerprint density at radius 3 is 2.62 bits per heavy atom. The predicted octanol–water partition coefficient (Wildman–Crippen LogP) is 2.25. The number of anilines is 1. The average Bonchev–Trinajstić information content (AvgIpc) is 2.86. The Labute approximate surface area is 196 Å². The predicted molar refractivity (Wildman–Crippen MR) is 125 cm³/mol. The Hall–Kier alpha value is -4.29. The summed E-state index contributed by atoms with van der Waals surface area (Å²) >= 11 is 0. The monoisotopic (exact) mass is 461 g/mol. The van der Waals surface area contributed by atoms with Gasteiger partial charge in [-0.25, -0.2) is 9.37 Å². The summed E-state index contributed by atoms with van der Waals surface area (Å²) < 4.78 is 13.5. The van der Waals surface area contributed by atoms with E-state index in [0.717, 1.165) is 5.56 Å². The summed E-state index contributed by atoms with van der Waals surface area (Å²) in [6.07, 6.45) is 0.489. The van der Waals surface area contributed by atoms with E-state index in [1.54, 1.807) is 48.5 Å². The van der Waals surface area contributed by atoms with E-state index in [4.69, 9.17) is 5.11 Å². The molecule has 0 aliphatic carbocycles. The van der Waals surface area contributed by atoms with Gasteiger partial charge < -0.3 is 21.1 Å². The van der Waals surface area contributed by atoms with Crippen LogP contribution in [0.2, 0.25) is 0 Å². The molecule has 0 spiro atoms. The van der Waals surface area contributed by atoms with Crippen LogP contribution in [0.25, 0.3) is 11.3 Å². The maximum atomic E-state index is 13.5. The minimum Gasteiger partial charge on any atom is -0.395 e. The number of rotatable bonds is 10. The molecule has 0 bridgehead atoms. The molecule has 0 saturated heterocycles. The lowest BCUT2D eigenvalue weighted by atomic mass is 10.0. The number of halogens is 1. The molecule has 1 heterocycles. The fraction of sp³-hybridized carbons (Fsp3) is 0.200. The SMILES string of the molecule is N#Cc1ccccc1-c1ccc(C(=O)NCC(=O)NCCO)c(NCCc2cccc(F)c2)n1. The summed E-state index contributed by atoms with van der Waals surface area (Å²) in [5.41, 5.74) is 2.56. The summed E-state index contributed by atoms with van der Waals surface area (Å²) in [4.78, 5) is 29.1. The van der Waals surface area contributed by atoms with Gasteiger partial charge in [0, 0.05) is 18.7 Å². The van der Waals surface area contributed by atoms with Crippen molar-refractivity contribution in [2.24, 2.45) is 0 Å². The number of hydrogen-bond donors (Lipinski definition) is 4. The van der Waals surface area contributed by atoms with Gasteiger partial charge in [0.15, 0.2) is 0 Å². The fourth-order valence-electron chi connectivity index (χ4n) is 3.26. The van der Waals surface area contributed by atoms with Gasteiger partial charge in [0.2, 0.25) is 5.91 Å². The van der Waals surface area contributed by atoms with Gasteiger partial charge in [-0.15, -0.1) is 0 Å². The molecular formula is C25H24FN5O3. The maximum absolute atomic E-state index is 13.5. The van der Waals surface area contributed by atoms with Crippen molar-refractivity contribution < 1.29 is 19.1 Å². The molecule has 4 N–H and O–H groups in total. The number of carbonyl (C=O) groups excluding carboxylic acids is 2. The first kappa shape index (κ1) is 24.4. The lowest BCUT2D eigenvalue weighted by Gasteiger charge is -2.14. The van der Waals surface area contributed by atoms with Gasteiger partial charge in [0.05, 0.1) is 36.0 Å². The van der Waals surface area contributed by atoms with E-state index >= 15 is 0 Å². The van der Waals surface area contributed by atoms with Crippen molar-refractivity contribution in [1.29, 1.82) is 5.26 Å². The Morgan fingerprint density at radius 1 is 1.03 bits per heavy atom. The number of nitrogens with one attached hydrogen (secondary N) is 3. The molecule has 0 radical (unpaired) electrons. The van der Waals surface area contributed by atoms with Crippen molar-refractivity contribution in [3.8, 4) is 17.3 Å². The zero-order valence-corrected chi connectivity index (χ0v) is 18.3. The highest BCUT2D eigenvalue weighted by Crippen LogP contribution is 2.25. The molecule has 8 nitrogen and oxygen atoms in total. The first-order valence-electron chi connectivity index (χ1n) is 10.7. The first-order chi connectivity index (χ1) is 16.5. The summed E-state index contributed by atoms with van der Waals surface area (Å²) in [6, 6.07) is 18.6. The zero-order valence-electron chi connectivity index (χ0n) is 18.3. The van der Waals surface area contributed by atoms with Gasteiger partial charge in [-0.1, -0.05) is 30.3 Å². The van der Waals surface area contributed by atoms with E-state index in [2.05, 4.69) is 27.0 Å². The van der Waals surface area contributed by atoms with Crippen molar-refractivity contribution in [3.63, 3.8) is 0 Å². The topological polar surface area (TPSA) is 127 Å². The second-order valence-electron chi connectivity index (χ2n) is 7.31. The lowest BCUT2D eigenvalue weighted by molar-refractivity contribution is -0.120. The van der Waals surface area contributed by atoms with Gasteiger partial charge in [-0.3, -0.25) is 9.59 Å². The minimum atomic E-state index is -0.514. The molecule has 0 aliphatic heterocycles. The number of amides is 2. The van der Waals surface area contributed by atoms with Crippen LogP contribution in [-0.4, -0.2) is 48.1 Å². The van der Waals surface area contributed by atoms with Gasteiger partial charge in [0.1, 0.15) is 11.6 Å². The van der Waals surface area contributed by atoms with Crippen LogP contribution in [0.15, 0.2) is 60.7 Å². The molecule has 0 saturated carbocycles. The molecule has 0 atom stereocenters. The van der Waals surface area contributed by atoms with Crippen LogP contribution in [0.4, 0.5) is 10.2 Å². The third kappa shape index (κ3) is 6.60. The number of nitriles is 1. The van der Waals surface area contributed by atoms with Crippen LogP contribution in [0.5, 0.6) is 0 Å². The number of aliphatic hydroxyl groups excluding tert-OH is 1. The molecular weight excluding hydrogens is 437 g/mol. The van der Waals surface area contributed by atoms with Crippen LogP contribution in [0, 0.1) is 17.1 Å². The number of nitrogens with zero attached hydrogens (tertiary/aromatic N) is 2. The first-order valence-corrected chi connectivity index (χ1v) is 10.7. The Bertz CT molecular complexity index is 1210. The van der Waals surface area contributed by atoms with E-state index in [9.17, 15) is 19.2 Å². The molecule has 0 fully saturated rings. The standard InChI is InChI=1S/C25H24FN5O3/c26-19-6-3-4-17(14-19)10-11-29-24-21(25(34)30-16-23(33)28-12-13-32)8-9-22(31-24)20-7-2-1-5-18(20)15-27/h1-9,14,32H,10-13,16H2,(H,28,33)(H,29,31)(H,30,34). The minimum absolute atomic E-state index is 0.0934. The highest BCUT2D eigenvalue weighted by molar-refractivity contribution is 6.00. The van der Waals surface area contributed by atoms with Crippen LogP contribution in [0.3, 0.4) is 0 Å². The highest BCUT2D eigenvalue weighted by Gasteiger charge is 2.16. The van der Waals surface area contributed by atoms with E-state index in [1.807, 2.05) is 0 Å². The summed E-state index contributed by atoms with van der Waals surface area (Å²) in [5, 5.41) is 26.3. The zero-order chi connectivity index (χ0) is 24.3. The Balaban J connectivity index is 1.82. The second-order valence-corrected chi connectivity index (χ2v) is 7.31. The van der Waals surface area contributed by atoms with Crippen molar-refractivity contribution in [2.75, 3.05) is 31.6 Å². The molecule has 1 aromatic heterocycles. The Kier molecular flexibility index (Phi) is 8.66. The van der Waals surface area contributed by atoms with E-state index < -0.39 is 11.8 Å². The molecule has 34 heavy (non-hydrogen) atoms. The van der Waals surface area contributed by atoms with Gasteiger partial charge in [-0.2, -0.15) is 5.26 Å². The third-order valence-electron chi connectivity index (χ3n) is 4.90. The fourth-order valence-corrected chi connectivity index (χ4v) is 3.26. The number of benzene rings is 2. The number of carbonyl (C=O) groups is 2. The van der Waals surface area contributed by atoms with Crippen LogP contribution in [-0.2, 0) is 11.2 Å². The van der Waals surface area contributed by atoms with E-state index in [0.29, 0.717) is 29.8 Å². The van der Waals surface area contributed by atoms with E-state index in [-0.39, 0.29) is 36.9 Å². The van der Waals surface area contributed by atoms with Crippen molar-refractivity contribution in [1.82, 2.24) is 15.6 Å². The molecule has 0 aliphatic rings. The number of aliphatic hydroxyl groups is 1. The molecule has 2 aromatic carbocycles. The van der Waals surface area contributed by atoms with Crippen molar-refractivity contribution in [2.45, 2.75) is 6.42 Å². The average molecular weight is 461 g/mol. The van der Waals surface area contributed by atoms with Gasteiger partial charge >= 0.3 is 0 Å². The molecule has 0 unspecified atom stereocenters. The van der Waals surface area contributed by atoms with Crippen LogP contribution < -0.4 is 16.0 Å². The molecule has 9 heteroatoms. The molecule has 2 amide bonds. The smallest absolute Gasteiger partial charge is 0.255 e. The lowest BCUT2D eigenvalue weighted by Crippen LogP contribution is -2.38.